The van der Waals surface area contributed by atoms with Crippen LogP contribution in [0.5, 0.6) is 0 Å². The zero-order chi connectivity index (χ0) is 13.8. The highest BCUT2D eigenvalue weighted by Gasteiger charge is 2.08. The van der Waals surface area contributed by atoms with E-state index in [2.05, 4.69) is 58.3 Å². The number of fused-ring (bicyclic) bond motifs is 1. The number of rotatable bonds is 5. The first-order valence-electron chi connectivity index (χ1n) is 7.06. The summed E-state index contributed by atoms with van der Waals surface area (Å²) in [5, 5.41) is 4.73. The number of aromatic nitrogens is 2. The van der Waals surface area contributed by atoms with Crippen LogP contribution in [0.4, 0.5) is 0 Å². The smallest absolute Gasteiger partial charge is 0.0648 e. The molecule has 1 aromatic carbocycles. The van der Waals surface area contributed by atoms with Gasteiger partial charge < -0.3 is 9.88 Å². The number of pyridine rings is 1. The molecule has 0 radical (unpaired) electrons. The predicted octanol–water partition coefficient (Wildman–Crippen LogP) is 3.19. The molecule has 0 saturated heterocycles. The van der Waals surface area contributed by atoms with Crippen LogP contribution in [0.15, 0.2) is 54.9 Å². The van der Waals surface area contributed by atoms with Crippen molar-refractivity contribution >= 4 is 10.9 Å². The van der Waals surface area contributed by atoms with Crippen molar-refractivity contribution in [3.05, 3.63) is 66.1 Å². The normalized spacial score (nSPS) is 11.1. The summed E-state index contributed by atoms with van der Waals surface area (Å²) in [4.78, 5) is 4.42. The molecule has 0 saturated carbocycles. The molecule has 3 rings (SSSR count). The van der Waals surface area contributed by atoms with E-state index in [4.69, 9.17) is 0 Å². The fourth-order valence-corrected chi connectivity index (χ4v) is 2.52. The Labute approximate surface area is 119 Å². The van der Waals surface area contributed by atoms with Crippen molar-refractivity contribution in [2.24, 2.45) is 0 Å². The number of benzene rings is 1. The maximum Gasteiger partial charge on any atom is 0.0648 e. The Hall–Kier alpha value is -2.13. The molecule has 0 aliphatic carbocycles. The largest absolute Gasteiger partial charge is 0.341 e. The van der Waals surface area contributed by atoms with E-state index in [1.165, 1.54) is 16.5 Å². The molecular formula is C17H19N3. The standard InChI is InChI=1S/C17H19N3/c1-2-18-11-14-12-20(13-15-7-5-6-10-19-15)17-9-4-3-8-16(14)17/h3-10,12,18H,2,11,13H2,1H3. The van der Waals surface area contributed by atoms with Crippen molar-refractivity contribution in [3.8, 4) is 0 Å². The second-order valence-electron chi connectivity index (χ2n) is 4.90. The number of nitrogens with zero attached hydrogens (tertiary/aromatic N) is 2. The van der Waals surface area contributed by atoms with E-state index in [9.17, 15) is 0 Å². The van der Waals surface area contributed by atoms with E-state index >= 15 is 0 Å². The molecular weight excluding hydrogens is 246 g/mol. The van der Waals surface area contributed by atoms with Gasteiger partial charge in [0.15, 0.2) is 0 Å². The SMILES string of the molecule is CCNCc1cn(Cc2ccccn2)c2ccccc12. The number of hydrogen-bond acceptors (Lipinski definition) is 2. The lowest BCUT2D eigenvalue weighted by molar-refractivity contribution is 0.723. The Bertz CT molecular complexity index is 686. The lowest BCUT2D eigenvalue weighted by atomic mass is 10.2. The summed E-state index contributed by atoms with van der Waals surface area (Å²) in [5.74, 6) is 0. The molecule has 2 heterocycles. The van der Waals surface area contributed by atoms with E-state index in [1.807, 2.05) is 18.3 Å². The Balaban J connectivity index is 1.98. The number of nitrogens with one attached hydrogen (secondary N) is 1. The van der Waals surface area contributed by atoms with Crippen LogP contribution in [0.25, 0.3) is 10.9 Å². The molecule has 0 spiro atoms. The zero-order valence-electron chi connectivity index (χ0n) is 11.7. The van der Waals surface area contributed by atoms with Crippen LogP contribution < -0.4 is 5.32 Å². The summed E-state index contributed by atoms with van der Waals surface area (Å²) < 4.78 is 2.28. The highest BCUT2D eigenvalue weighted by molar-refractivity contribution is 5.84. The van der Waals surface area contributed by atoms with Crippen molar-refractivity contribution < 1.29 is 0 Å². The van der Waals surface area contributed by atoms with Crippen LogP contribution in [0.2, 0.25) is 0 Å². The molecule has 3 aromatic rings. The fraction of sp³-hybridized carbons (Fsp3) is 0.235. The molecule has 0 unspecified atom stereocenters. The monoisotopic (exact) mass is 265 g/mol. The molecule has 0 bridgehead atoms. The average molecular weight is 265 g/mol. The van der Waals surface area contributed by atoms with Crippen molar-refractivity contribution in [2.75, 3.05) is 6.54 Å². The van der Waals surface area contributed by atoms with Gasteiger partial charge in [0.25, 0.3) is 0 Å². The fourth-order valence-electron chi connectivity index (χ4n) is 2.52. The summed E-state index contributed by atoms with van der Waals surface area (Å²) in [6.07, 6.45) is 4.09. The van der Waals surface area contributed by atoms with E-state index in [-0.39, 0.29) is 0 Å². The summed E-state index contributed by atoms with van der Waals surface area (Å²) >= 11 is 0. The Kier molecular flexibility index (Phi) is 3.79. The molecule has 20 heavy (non-hydrogen) atoms. The first kappa shape index (κ1) is 12.9. The van der Waals surface area contributed by atoms with Crippen LogP contribution >= 0.6 is 0 Å². The first-order chi connectivity index (χ1) is 9.88. The lowest BCUT2D eigenvalue weighted by Gasteiger charge is -2.04. The lowest BCUT2D eigenvalue weighted by Crippen LogP contribution is -2.11. The van der Waals surface area contributed by atoms with Crippen molar-refractivity contribution in [1.82, 2.24) is 14.9 Å². The van der Waals surface area contributed by atoms with Gasteiger partial charge in [0.2, 0.25) is 0 Å². The van der Waals surface area contributed by atoms with Crippen LogP contribution in [0, 0.1) is 0 Å². The molecule has 3 nitrogen and oxygen atoms in total. The third kappa shape index (κ3) is 2.58. The Morgan fingerprint density at radius 3 is 2.75 bits per heavy atom. The van der Waals surface area contributed by atoms with Gasteiger partial charge in [-0.3, -0.25) is 4.98 Å². The molecule has 1 N–H and O–H groups in total. The van der Waals surface area contributed by atoms with Gasteiger partial charge in [0.05, 0.1) is 12.2 Å². The second-order valence-corrected chi connectivity index (χ2v) is 4.90. The maximum absolute atomic E-state index is 4.42. The molecule has 0 aliphatic heterocycles. The molecule has 0 aliphatic rings. The average Bonchev–Trinajstić information content (AvgIpc) is 2.85. The molecule has 0 fully saturated rings. The van der Waals surface area contributed by atoms with Crippen molar-refractivity contribution in [1.29, 1.82) is 0 Å². The van der Waals surface area contributed by atoms with Gasteiger partial charge in [-0.25, -0.2) is 0 Å². The molecule has 102 valence electrons. The summed E-state index contributed by atoms with van der Waals surface area (Å²) in [6.45, 7) is 4.84. The highest BCUT2D eigenvalue weighted by Crippen LogP contribution is 2.22. The van der Waals surface area contributed by atoms with Crippen LogP contribution in [-0.2, 0) is 13.1 Å². The number of hydrogen-bond donors (Lipinski definition) is 1. The van der Waals surface area contributed by atoms with E-state index in [1.54, 1.807) is 0 Å². The third-order valence-corrected chi connectivity index (χ3v) is 3.50. The van der Waals surface area contributed by atoms with E-state index in [0.717, 1.165) is 25.3 Å². The van der Waals surface area contributed by atoms with Crippen molar-refractivity contribution in [2.45, 2.75) is 20.0 Å². The molecule has 0 amide bonds. The van der Waals surface area contributed by atoms with Gasteiger partial charge in [-0.2, -0.15) is 0 Å². The molecule has 3 heteroatoms. The van der Waals surface area contributed by atoms with E-state index in [0.29, 0.717) is 0 Å². The van der Waals surface area contributed by atoms with Gasteiger partial charge in [0, 0.05) is 29.8 Å². The molecule has 2 aromatic heterocycles. The zero-order valence-corrected chi connectivity index (χ0v) is 11.7. The van der Waals surface area contributed by atoms with Gasteiger partial charge in [0.1, 0.15) is 0 Å². The second kappa shape index (κ2) is 5.88. The highest BCUT2D eigenvalue weighted by atomic mass is 15.0. The number of para-hydroxylation sites is 1. The summed E-state index contributed by atoms with van der Waals surface area (Å²) in [6, 6.07) is 14.6. The Morgan fingerprint density at radius 2 is 1.95 bits per heavy atom. The van der Waals surface area contributed by atoms with Crippen LogP contribution in [-0.4, -0.2) is 16.1 Å². The maximum atomic E-state index is 4.42. The van der Waals surface area contributed by atoms with Gasteiger partial charge >= 0.3 is 0 Å². The van der Waals surface area contributed by atoms with E-state index < -0.39 is 0 Å². The van der Waals surface area contributed by atoms with Crippen LogP contribution in [0.1, 0.15) is 18.2 Å². The topological polar surface area (TPSA) is 29.9 Å². The third-order valence-electron chi connectivity index (χ3n) is 3.50. The van der Waals surface area contributed by atoms with Gasteiger partial charge in [-0.15, -0.1) is 0 Å². The van der Waals surface area contributed by atoms with Crippen LogP contribution in [0.3, 0.4) is 0 Å². The van der Waals surface area contributed by atoms with Gasteiger partial charge in [-0.05, 0) is 30.3 Å². The quantitative estimate of drug-likeness (QED) is 0.768. The predicted molar refractivity (Wildman–Crippen MR) is 82.7 cm³/mol. The van der Waals surface area contributed by atoms with Gasteiger partial charge in [-0.1, -0.05) is 31.2 Å². The van der Waals surface area contributed by atoms with Crippen molar-refractivity contribution in [3.63, 3.8) is 0 Å². The summed E-state index contributed by atoms with van der Waals surface area (Å²) in [7, 11) is 0. The minimum Gasteiger partial charge on any atom is -0.341 e. The Morgan fingerprint density at radius 1 is 1.10 bits per heavy atom. The molecule has 0 atom stereocenters. The minimum absolute atomic E-state index is 0.813. The first-order valence-corrected chi connectivity index (χ1v) is 7.06. The summed E-state index contributed by atoms with van der Waals surface area (Å²) in [5.41, 5.74) is 3.70. The minimum atomic E-state index is 0.813.